The van der Waals surface area contributed by atoms with Crippen molar-refractivity contribution in [3.05, 3.63) is 70.3 Å². The summed E-state index contributed by atoms with van der Waals surface area (Å²) in [7, 11) is 3.22. The second-order valence-electron chi connectivity index (χ2n) is 5.98. The minimum absolute atomic E-state index is 0.176. The summed E-state index contributed by atoms with van der Waals surface area (Å²) in [6.07, 6.45) is 2.08. The monoisotopic (exact) mass is 382 g/mol. The number of hydrogen-bond donors (Lipinski definition) is 0. The van der Waals surface area contributed by atoms with Gasteiger partial charge in [-0.1, -0.05) is 6.07 Å². The fourth-order valence-corrected chi connectivity index (χ4v) is 3.92. The molecular formula is C20H18N2O4S. The van der Waals surface area contributed by atoms with Crippen LogP contribution in [0.2, 0.25) is 0 Å². The second kappa shape index (κ2) is 7.28. The molecule has 0 saturated heterocycles. The van der Waals surface area contributed by atoms with Crippen LogP contribution in [0.3, 0.4) is 0 Å². The summed E-state index contributed by atoms with van der Waals surface area (Å²) in [6, 6.07) is 12.7. The standard InChI is InChI=1S/C20H18N2O4S/c1-24-13-7-8-14(18(11-13)25-2)15-12-16(19-6-4-10-27-19)22(21-15)20(23)17-5-3-9-26-17/h3-11,16H,12H2,1-2H3/t16-/m0/s1. The number of rotatable bonds is 5. The maximum absolute atomic E-state index is 12.9. The van der Waals surface area contributed by atoms with Crippen LogP contribution in [0.25, 0.3) is 0 Å². The number of benzene rings is 1. The van der Waals surface area contributed by atoms with Crippen LogP contribution in [0, 0.1) is 0 Å². The summed E-state index contributed by atoms with van der Waals surface area (Å²) in [5.74, 6) is 1.36. The summed E-state index contributed by atoms with van der Waals surface area (Å²) in [4.78, 5) is 14.0. The number of hydrazone groups is 1. The Balaban J connectivity index is 1.74. The van der Waals surface area contributed by atoms with Gasteiger partial charge in [0.05, 0.1) is 32.2 Å². The molecule has 0 spiro atoms. The Morgan fingerprint density at radius 3 is 2.78 bits per heavy atom. The van der Waals surface area contributed by atoms with E-state index >= 15 is 0 Å². The SMILES string of the molecule is COc1ccc(C2=NN(C(=O)c3ccco3)[C@H](c3cccs3)C2)c(OC)c1. The smallest absolute Gasteiger partial charge is 0.310 e. The zero-order valence-corrected chi connectivity index (χ0v) is 15.7. The van der Waals surface area contributed by atoms with Crippen molar-refractivity contribution in [1.82, 2.24) is 5.01 Å². The Bertz CT molecular complexity index is 964. The lowest BCUT2D eigenvalue weighted by atomic mass is 10.0. The number of furan rings is 1. The van der Waals surface area contributed by atoms with E-state index < -0.39 is 0 Å². The lowest BCUT2D eigenvalue weighted by Gasteiger charge is -2.19. The highest BCUT2D eigenvalue weighted by Gasteiger charge is 2.36. The van der Waals surface area contributed by atoms with Gasteiger partial charge >= 0.3 is 5.91 Å². The van der Waals surface area contributed by atoms with Gasteiger partial charge in [0.1, 0.15) is 11.5 Å². The first kappa shape index (κ1) is 17.4. The zero-order valence-electron chi connectivity index (χ0n) is 14.9. The molecule has 0 fully saturated rings. The van der Waals surface area contributed by atoms with Crippen LogP contribution in [0.15, 0.2) is 63.6 Å². The summed E-state index contributed by atoms with van der Waals surface area (Å²) >= 11 is 1.60. The third-order valence-electron chi connectivity index (χ3n) is 4.44. The first-order valence-electron chi connectivity index (χ1n) is 8.41. The van der Waals surface area contributed by atoms with E-state index in [2.05, 4.69) is 5.10 Å². The third-order valence-corrected chi connectivity index (χ3v) is 5.42. The molecular weight excluding hydrogens is 364 g/mol. The molecule has 0 unspecified atom stereocenters. The number of amides is 1. The summed E-state index contributed by atoms with van der Waals surface area (Å²) < 4.78 is 16.1. The third kappa shape index (κ3) is 3.21. The predicted molar refractivity (Wildman–Crippen MR) is 103 cm³/mol. The average Bonchev–Trinajstić information content (AvgIpc) is 3.47. The van der Waals surface area contributed by atoms with E-state index in [1.165, 1.54) is 11.3 Å². The molecule has 6 nitrogen and oxygen atoms in total. The summed E-state index contributed by atoms with van der Waals surface area (Å²) in [6.45, 7) is 0. The average molecular weight is 382 g/mol. The second-order valence-corrected chi connectivity index (χ2v) is 6.95. The molecule has 0 aliphatic carbocycles. The zero-order chi connectivity index (χ0) is 18.8. The predicted octanol–water partition coefficient (Wildman–Crippen LogP) is 4.35. The normalized spacial score (nSPS) is 16.3. The van der Waals surface area contributed by atoms with Gasteiger partial charge in [-0.2, -0.15) is 5.10 Å². The Morgan fingerprint density at radius 2 is 2.11 bits per heavy atom. The number of nitrogens with zero attached hydrogens (tertiary/aromatic N) is 2. The van der Waals surface area contributed by atoms with Gasteiger partial charge in [-0.3, -0.25) is 4.79 Å². The van der Waals surface area contributed by atoms with Crippen molar-refractivity contribution < 1.29 is 18.7 Å². The Kier molecular flexibility index (Phi) is 4.68. The van der Waals surface area contributed by atoms with Crippen molar-refractivity contribution in [2.75, 3.05) is 14.2 Å². The molecule has 1 atom stereocenters. The van der Waals surface area contributed by atoms with Gasteiger partial charge in [-0.25, -0.2) is 5.01 Å². The van der Waals surface area contributed by atoms with Crippen LogP contribution >= 0.6 is 11.3 Å². The van der Waals surface area contributed by atoms with Gasteiger partial charge in [0.2, 0.25) is 0 Å². The molecule has 0 saturated carbocycles. The molecule has 0 bridgehead atoms. The maximum atomic E-state index is 12.9. The minimum Gasteiger partial charge on any atom is -0.497 e. The van der Waals surface area contributed by atoms with Crippen LogP contribution in [-0.2, 0) is 0 Å². The molecule has 7 heteroatoms. The highest BCUT2D eigenvalue weighted by atomic mass is 32.1. The van der Waals surface area contributed by atoms with E-state index in [4.69, 9.17) is 13.9 Å². The van der Waals surface area contributed by atoms with Crippen LogP contribution < -0.4 is 9.47 Å². The topological polar surface area (TPSA) is 64.3 Å². The van der Waals surface area contributed by atoms with Crippen LogP contribution in [0.5, 0.6) is 11.5 Å². The Labute approximate surface area is 160 Å². The summed E-state index contributed by atoms with van der Waals surface area (Å²) in [5, 5.41) is 8.14. The molecule has 0 radical (unpaired) electrons. The number of ether oxygens (including phenoxy) is 2. The molecule has 3 heterocycles. The molecule has 1 aliphatic heterocycles. The molecule has 3 aromatic rings. The number of carbonyl (C=O) groups excluding carboxylic acids is 1. The molecule has 2 aromatic heterocycles. The van der Waals surface area contributed by atoms with E-state index in [0.717, 1.165) is 16.2 Å². The molecule has 138 valence electrons. The maximum Gasteiger partial charge on any atom is 0.310 e. The number of methoxy groups -OCH3 is 2. The quantitative estimate of drug-likeness (QED) is 0.658. The van der Waals surface area contributed by atoms with E-state index in [-0.39, 0.29) is 17.7 Å². The molecule has 1 aromatic carbocycles. The molecule has 0 N–H and O–H groups in total. The van der Waals surface area contributed by atoms with E-state index in [9.17, 15) is 4.79 Å². The van der Waals surface area contributed by atoms with Gasteiger partial charge in [0.15, 0.2) is 5.76 Å². The number of hydrogen-bond acceptors (Lipinski definition) is 6. The lowest BCUT2D eigenvalue weighted by molar-refractivity contribution is 0.0681. The fourth-order valence-electron chi connectivity index (χ4n) is 3.11. The van der Waals surface area contributed by atoms with Crippen LogP contribution in [0.1, 0.15) is 33.5 Å². The number of carbonyl (C=O) groups is 1. The van der Waals surface area contributed by atoms with Crippen molar-refractivity contribution in [2.24, 2.45) is 5.10 Å². The molecule has 4 rings (SSSR count). The van der Waals surface area contributed by atoms with E-state index in [1.54, 1.807) is 37.7 Å². The molecule has 1 aliphatic rings. The highest BCUT2D eigenvalue weighted by molar-refractivity contribution is 7.10. The lowest BCUT2D eigenvalue weighted by Crippen LogP contribution is -2.26. The van der Waals surface area contributed by atoms with Crippen molar-refractivity contribution >= 4 is 23.0 Å². The van der Waals surface area contributed by atoms with Gasteiger partial charge in [0, 0.05) is 22.9 Å². The van der Waals surface area contributed by atoms with Gasteiger partial charge in [-0.05, 0) is 35.7 Å². The van der Waals surface area contributed by atoms with E-state index in [0.29, 0.717) is 17.9 Å². The Hall–Kier alpha value is -3.06. The van der Waals surface area contributed by atoms with Gasteiger partial charge in [0.25, 0.3) is 0 Å². The van der Waals surface area contributed by atoms with Crippen molar-refractivity contribution in [1.29, 1.82) is 0 Å². The fraction of sp³-hybridized carbons (Fsp3) is 0.200. The largest absolute Gasteiger partial charge is 0.497 e. The van der Waals surface area contributed by atoms with Gasteiger partial charge < -0.3 is 13.9 Å². The van der Waals surface area contributed by atoms with E-state index in [1.807, 2.05) is 35.7 Å². The van der Waals surface area contributed by atoms with Crippen LogP contribution in [0.4, 0.5) is 0 Å². The minimum atomic E-state index is -0.263. The van der Waals surface area contributed by atoms with Crippen molar-refractivity contribution in [3.8, 4) is 11.5 Å². The van der Waals surface area contributed by atoms with Gasteiger partial charge in [-0.15, -0.1) is 11.3 Å². The highest BCUT2D eigenvalue weighted by Crippen LogP contribution is 2.38. The summed E-state index contributed by atoms with van der Waals surface area (Å²) in [5.41, 5.74) is 1.63. The molecule has 27 heavy (non-hydrogen) atoms. The van der Waals surface area contributed by atoms with Crippen molar-refractivity contribution in [2.45, 2.75) is 12.5 Å². The Morgan fingerprint density at radius 1 is 1.22 bits per heavy atom. The van der Waals surface area contributed by atoms with Crippen molar-refractivity contribution in [3.63, 3.8) is 0 Å². The first-order valence-corrected chi connectivity index (χ1v) is 9.29. The number of thiophene rings is 1. The first-order chi connectivity index (χ1) is 13.2. The van der Waals surface area contributed by atoms with Crippen LogP contribution in [-0.4, -0.2) is 30.8 Å². The molecule has 1 amide bonds.